The lowest BCUT2D eigenvalue weighted by Crippen LogP contribution is -2.18. The first-order valence-electron chi connectivity index (χ1n) is 7.92. The number of hydrogen-bond donors (Lipinski definition) is 0. The molecule has 142 valence electrons. The van der Waals surface area contributed by atoms with Crippen LogP contribution in [0.4, 0.5) is 13.2 Å². The second kappa shape index (κ2) is 8.31. The van der Waals surface area contributed by atoms with Crippen molar-refractivity contribution in [2.75, 3.05) is 28.4 Å². The van der Waals surface area contributed by atoms with Gasteiger partial charge in [-0.1, -0.05) is 12.1 Å². The monoisotopic (exact) mass is 369 g/mol. The smallest absolute Gasteiger partial charge is 0.416 e. The van der Waals surface area contributed by atoms with E-state index in [1.54, 1.807) is 27.4 Å². The SMILES string of the molecule is COc1cc(OC)c(OC)cc1CN(C)Cc1ccc(C(F)(F)F)cc1. The van der Waals surface area contributed by atoms with E-state index in [-0.39, 0.29) is 0 Å². The van der Waals surface area contributed by atoms with E-state index in [9.17, 15) is 13.2 Å². The molecule has 0 saturated carbocycles. The van der Waals surface area contributed by atoms with Crippen molar-refractivity contribution in [3.8, 4) is 17.2 Å². The van der Waals surface area contributed by atoms with E-state index in [1.165, 1.54) is 12.1 Å². The topological polar surface area (TPSA) is 30.9 Å². The third-order valence-electron chi connectivity index (χ3n) is 3.96. The second-order valence-corrected chi connectivity index (χ2v) is 5.89. The molecule has 26 heavy (non-hydrogen) atoms. The van der Waals surface area contributed by atoms with Gasteiger partial charge >= 0.3 is 6.18 Å². The predicted octanol–water partition coefficient (Wildman–Crippen LogP) is 4.36. The zero-order valence-corrected chi connectivity index (χ0v) is 15.2. The zero-order chi connectivity index (χ0) is 19.3. The van der Waals surface area contributed by atoms with Crippen LogP contribution in [-0.2, 0) is 19.3 Å². The van der Waals surface area contributed by atoms with E-state index >= 15 is 0 Å². The summed E-state index contributed by atoms with van der Waals surface area (Å²) in [4.78, 5) is 1.98. The Bertz CT molecular complexity index is 730. The minimum absolute atomic E-state index is 0.496. The molecule has 0 aliphatic rings. The van der Waals surface area contributed by atoms with Crippen LogP contribution >= 0.6 is 0 Å². The summed E-state index contributed by atoms with van der Waals surface area (Å²) >= 11 is 0. The molecule has 7 heteroatoms. The molecule has 0 N–H and O–H groups in total. The number of nitrogens with zero attached hydrogens (tertiary/aromatic N) is 1. The number of halogens is 3. The Morgan fingerprint density at radius 2 is 1.35 bits per heavy atom. The molecule has 0 bridgehead atoms. The van der Waals surface area contributed by atoms with Gasteiger partial charge in [-0.15, -0.1) is 0 Å². The summed E-state index contributed by atoms with van der Waals surface area (Å²) in [6, 6.07) is 8.76. The molecule has 4 nitrogen and oxygen atoms in total. The van der Waals surface area contributed by atoms with Gasteiger partial charge in [0.1, 0.15) is 5.75 Å². The van der Waals surface area contributed by atoms with Crippen molar-refractivity contribution < 1.29 is 27.4 Å². The highest BCUT2D eigenvalue weighted by atomic mass is 19.4. The average molecular weight is 369 g/mol. The van der Waals surface area contributed by atoms with Crippen LogP contribution in [0.25, 0.3) is 0 Å². The lowest BCUT2D eigenvalue weighted by atomic mass is 10.1. The third kappa shape index (κ3) is 4.82. The summed E-state index contributed by atoms with van der Waals surface area (Å²) in [5, 5.41) is 0. The Balaban J connectivity index is 2.13. The van der Waals surface area contributed by atoms with Crippen LogP contribution < -0.4 is 14.2 Å². The van der Waals surface area contributed by atoms with Crippen LogP contribution in [0.1, 0.15) is 16.7 Å². The maximum atomic E-state index is 12.6. The second-order valence-electron chi connectivity index (χ2n) is 5.89. The summed E-state index contributed by atoms with van der Waals surface area (Å²) in [5.74, 6) is 1.81. The van der Waals surface area contributed by atoms with Gasteiger partial charge in [-0.3, -0.25) is 4.90 Å². The Hall–Kier alpha value is -2.41. The fourth-order valence-electron chi connectivity index (χ4n) is 2.67. The number of ether oxygens (including phenoxy) is 3. The molecular formula is C19H22F3NO3. The molecule has 0 heterocycles. The van der Waals surface area contributed by atoms with E-state index < -0.39 is 11.7 Å². The van der Waals surface area contributed by atoms with Gasteiger partial charge in [0.15, 0.2) is 11.5 Å². The lowest BCUT2D eigenvalue weighted by Gasteiger charge is -2.20. The largest absolute Gasteiger partial charge is 0.496 e. The fourth-order valence-corrected chi connectivity index (χ4v) is 2.67. The van der Waals surface area contributed by atoms with Crippen molar-refractivity contribution in [2.24, 2.45) is 0 Å². The van der Waals surface area contributed by atoms with Crippen molar-refractivity contribution in [2.45, 2.75) is 19.3 Å². The molecule has 2 rings (SSSR count). The lowest BCUT2D eigenvalue weighted by molar-refractivity contribution is -0.137. The number of benzene rings is 2. The van der Waals surface area contributed by atoms with Crippen LogP contribution in [0, 0.1) is 0 Å². The number of alkyl halides is 3. The third-order valence-corrected chi connectivity index (χ3v) is 3.96. The molecule has 0 amide bonds. The fraction of sp³-hybridized carbons (Fsp3) is 0.368. The molecule has 0 aliphatic carbocycles. The highest BCUT2D eigenvalue weighted by molar-refractivity contribution is 5.50. The Morgan fingerprint density at radius 3 is 1.85 bits per heavy atom. The first-order valence-corrected chi connectivity index (χ1v) is 7.92. The highest BCUT2D eigenvalue weighted by Crippen LogP contribution is 2.35. The number of rotatable bonds is 7. The molecule has 0 aromatic heterocycles. The summed E-state index contributed by atoms with van der Waals surface area (Å²) in [7, 11) is 6.56. The van der Waals surface area contributed by atoms with E-state index in [2.05, 4.69) is 0 Å². The van der Waals surface area contributed by atoms with Crippen molar-refractivity contribution in [1.29, 1.82) is 0 Å². The molecule has 0 spiro atoms. The molecule has 2 aromatic rings. The van der Waals surface area contributed by atoms with Crippen LogP contribution in [-0.4, -0.2) is 33.3 Å². The first-order chi connectivity index (χ1) is 12.3. The highest BCUT2D eigenvalue weighted by Gasteiger charge is 2.29. The Labute approximate surface area is 151 Å². The van der Waals surface area contributed by atoms with Gasteiger partial charge < -0.3 is 14.2 Å². The molecular weight excluding hydrogens is 347 g/mol. The summed E-state index contributed by atoms with van der Waals surface area (Å²) in [6.07, 6.45) is -4.32. The Kier molecular flexibility index (Phi) is 6.37. The normalized spacial score (nSPS) is 11.5. The van der Waals surface area contributed by atoms with Gasteiger partial charge in [-0.05, 0) is 30.8 Å². The van der Waals surface area contributed by atoms with Crippen LogP contribution in [0.5, 0.6) is 17.2 Å². The van der Waals surface area contributed by atoms with Gasteiger partial charge in [0.2, 0.25) is 0 Å². The number of methoxy groups -OCH3 is 3. The van der Waals surface area contributed by atoms with Gasteiger partial charge in [0.25, 0.3) is 0 Å². The summed E-state index contributed by atoms with van der Waals surface area (Å²) in [6.45, 7) is 1.03. The molecule has 0 aliphatic heterocycles. The van der Waals surface area contributed by atoms with E-state index in [0.717, 1.165) is 23.3 Å². The van der Waals surface area contributed by atoms with Crippen molar-refractivity contribution in [3.05, 3.63) is 53.1 Å². The average Bonchev–Trinajstić information content (AvgIpc) is 2.60. The summed E-state index contributed by atoms with van der Waals surface area (Å²) in [5.41, 5.74) is 1.03. The standard InChI is InChI=1S/C19H22F3NO3/c1-23(11-13-5-7-15(8-6-13)19(20,21)22)12-14-9-17(25-3)18(26-4)10-16(14)24-2/h5-10H,11-12H2,1-4H3. The van der Waals surface area contributed by atoms with Gasteiger partial charge in [-0.25, -0.2) is 0 Å². The molecule has 2 aromatic carbocycles. The maximum Gasteiger partial charge on any atom is 0.416 e. The van der Waals surface area contributed by atoms with Gasteiger partial charge in [-0.2, -0.15) is 13.2 Å². The number of hydrogen-bond acceptors (Lipinski definition) is 4. The predicted molar refractivity (Wildman–Crippen MR) is 92.7 cm³/mol. The molecule has 0 unspecified atom stereocenters. The molecule has 0 saturated heterocycles. The van der Waals surface area contributed by atoms with Crippen molar-refractivity contribution >= 4 is 0 Å². The van der Waals surface area contributed by atoms with Gasteiger partial charge in [0.05, 0.1) is 26.9 Å². The zero-order valence-electron chi connectivity index (χ0n) is 15.2. The van der Waals surface area contributed by atoms with E-state index in [1.807, 2.05) is 18.0 Å². The Morgan fingerprint density at radius 1 is 0.808 bits per heavy atom. The van der Waals surface area contributed by atoms with Crippen LogP contribution in [0.2, 0.25) is 0 Å². The van der Waals surface area contributed by atoms with E-state index in [4.69, 9.17) is 14.2 Å². The van der Waals surface area contributed by atoms with Crippen molar-refractivity contribution in [1.82, 2.24) is 4.90 Å². The molecule has 0 radical (unpaired) electrons. The maximum absolute atomic E-state index is 12.6. The van der Waals surface area contributed by atoms with Crippen LogP contribution in [0.15, 0.2) is 36.4 Å². The summed E-state index contributed by atoms with van der Waals surface area (Å²) < 4.78 is 53.9. The van der Waals surface area contributed by atoms with E-state index in [0.29, 0.717) is 30.3 Å². The first kappa shape index (κ1) is 19.9. The minimum atomic E-state index is -4.32. The van der Waals surface area contributed by atoms with Gasteiger partial charge in [0, 0.05) is 24.7 Å². The quantitative estimate of drug-likeness (QED) is 0.726. The minimum Gasteiger partial charge on any atom is -0.496 e. The molecule has 0 fully saturated rings. The van der Waals surface area contributed by atoms with Crippen LogP contribution in [0.3, 0.4) is 0 Å². The van der Waals surface area contributed by atoms with Crippen molar-refractivity contribution in [3.63, 3.8) is 0 Å². The molecule has 0 atom stereocenters.